The minimum atomic E-state index is -0.944. The molecule has 7 heteroatoms. The van der Waals surface area contributed by atoms with Crippen molar-refractivity contribution in [2.24, 2.45) is 5.92 Å². The summed E-state index contributed by atoms with van der Waals surface area (Å²) in [4.78, 5) is 36.7. The van der Waals surface area contributed by atoms with Gasteiger partial charge in [0.15, 0.2) is 0 Å². The molecule has 0 aliphatic carbocycles. The Morgan fingerprint density at radius 2 is 1.92 bits per heavy atom. The van der Waals surface area contributed by atoms with Gasteiger partial charge in [-0.3, -0.25) is 14.4 Å². The zero-order chi connectivity index (χ0) is 18.7. The predicted octanol–water partition coefficient (Wildman–Crippen LogP) is 2.41. The fourth-order valence-corrected chi connectivity index (χ4v) is 2.77. The number of benzene rings is 2. The van der Waals surface area contributed by atoms with Crippen LogP contribution in [0, 0.1) is 5.92 Å². The monoisotopic (exact) mass is 372 g/mol. The standard InChI is InChI=1S/C19H17ClN2O4/c1-22-11-16(17(23)19(22)25)18(24)21-10-12-3-2-4-15(9-12)26-14-7-5-13(20)6-8-14/h2-9,16H,10-11H2,1H3,(H,21,24). The minimum Gasteiger partial charge on any atom is -0.457 e. The van der Waals surface area contributed by atoms with Crippen LogP contribution in [0.1, 0.15) is 5.56 Å². The first-order chi connectivity index (χ1) is 12.4. The zero-order valence-electron chi connectivity index (χ0n) is 14.1. The summed E-state index contributed by atoms with van der Waals surface area (Å²) in [6.07, 6.45) is 0. The van der Waals surface area contributed by atoms with Crippen LogP contribution in [-0.2, 0) is 20.9 Å². The molecule has 1 atom stereocenters. The summed E-state index contributed by atoms with van der Waals surface area (Å²) in [7, 11) is 1.51. The molecule has 6 nitrogen and oxygen atoms in total. The van der Waals surface area contributed by atoms with Gasteiger partial charge in [0, 0.05) is 25.2 Å². The Morgan fingerprint density at radius 1 is 1.19 bits per heavy atom. The van der Waals surface area contributed by atoms with Crippen molar-refractivity contribution in [1.29, 1.82) is 0 Å². The highest BCUT2D eigenvalue weighted by molar-refractivity contribution is 6.42. The Hall–Kier alpha value is -2.86. The number of carbonyl (C=O) groups is 3. The average molecular weight is 373 g/mol. The summed E-state index contributed by atoms with van der Waals surface area (Å²) in [6.45, 7) is 0.349. The SMILES string of the molecule is CN1CC(C(=O)NCc2cccc(Oc3ccc(Cl)cc3)c2)C(=O)C1=O. The molecule has 0 radical (unpaired) electrons. The summed E-state index contributed by atoms with van der Waals surface area (Å²) < 4.78 is 5.75. The first-order valence-electron chi connectivity index (χ1n) is 8.03. The van der Waals surface area contributed by atoms with E-state index in [1.54, 1.807) is 36.4 Å². The summed E-state index contributed by atoms with van der Waals surface area (Å²) in [5, 5.41) is 3.32. The van der Waals surface area contributed by atoms with Gasteiger partial charge in [-0.1, -0.05) is 23.7 Å². The number of nitrogens with zero attached hydrogens (tertiary/aromatic N) is 1. The molecule has 0 saturated carbocycles. The van der Waals surface area contributed by atoms with E-state index in [4.69, 9.17) is 16.3 Å². The molecule has 2 aromatic carbocycles. The highest BCUT2D eigenvalue weighted by Gasteiger charge is 2.41. The number of amides is 2. The molecule has 0 spiro atoms. The van der Waals surface area contributed by atoms with Gasteiger partial charge in [0.25, 0.3) is 5.91 Å². The molecule has 1 aliphatic heterocycles. The van der Waals surface area contributed by atoms with Crippen molar-refractivity contribution in [2.75, 3.05) is 13.6 Å². The highest BCUT2D eigenvalue weighted by Crippen LogP contribution is 2.24. The maximum absolute atomic E-state index is 12.2. The molecule has 1 unspecified atom stereocenters. The van der Waals surface area contributed by atoms with Crippen LogP contribution < -0.4 is 10.1 Å². The van der Waals surface area contributed by atoms with Gasteiger partial charge in [0.2, 0.25) is 11.7 Å². The van der Waals surface area contributed by atoms with E-state index in [9.17, 15) is 14.4 Å². The Kier molecular flexibility index (Phi) is 5.23. The molecule has 134 valence electrons. The van der Waals surface area contributed by atoms with Crippen molar-refractivity contribution >= 4 is 29.2 Å². The number of likely N-dealkylation sites (tertiary alicyclic amines) is 1. The Morgan fingerprint density at radius 3 is 2.58 bits per heavy atom. The van der Waals surface area contributed by atoms with Crippen LogP contribution in [0.4, 0.5) is 0 Å². The largest absolute Gasteiger partial charge is 0.457 e. The fraction of sp³-hybridized carbons (Fsp3) is 0.211. The van der Waals surface area contributed by atoms with Crippen molar-refractivity contribution in [3.05, 3.63) is 59.1 Å². The molecular weight excluding hydrogens is 356 g/mol. The number of nitrogens with one attached hydrogen (secondary N) is 1. The molecule has 3 rings (SSSR count). The number of hydrogen-bond donors (Lipinski definition) is 1. The van der Waals surface area contributed by atoms with Gasteiger partial charge in [-0.2, -0.15) is 0 Å². The second-order valence-corrected chi connectivity index (χ2v) is 6.46. The van der Waals surface area contributed by atoms with Crippen molar-refractivity contribution in [1.82, 2.24) is 10.2 Å². The van der Waals surface area contributed by atoms with E-state index in [1.807, 2.05) is 12.1 Å². The van der Waals surface area contributed by atoms with Crippen molar-refractivity contribution in [3.63, 3.8) is 0 Å². The number of ether oxygens (including phenoxy) is 1. The summed E-state index contributed by atoms with van der Waals surface area (Å²) in [5.74, 6) is -1.41. The normalized spacial score (nSPS) is 16.7. The maximum Gasteiger partial charge on any atom is 0.290 e. The second kappa shape index (κ2) is 7.58. The van der Waals surface area contributed by atoms with Crippen molar-refractivity contribution in [3.8, 4) is 11.5 Å². The van der Waals surface area contributed by atoms with Gasteiger partial charge in [0.05, 0.1) is 0 Å². The lowest BCUT2D eigenvalue weighted by molar-refractivity contribution is -0.142. The van der Waals surface area contributed by atoms with E-state index in [-0.39, 0.29) is 13.1 Å². The van der Waals surface area contributed by atoms with E-state index < -0.39 is 23.5 Å². The minimum absolute atomic E-state index is 0.114. The topological polar surface area (TPSA) is 75.7 Å². The molecule has 1 heterocycles. The van der Waals surface area contributed by atoms with Crippen LogP contribution in [0.25, 0.3) is 0 Å². The zero-order valence-corrected chi connectivity index (χ0v) is 14.8. The molecule has 0 bridgehead atoms. The molecule has 2 amide bonds. The van der Waals surface area contributed by atoms with Crippen LogP contribution in [0.2, 0.25) is 5.02 Å². The lowest BCUT2D eigenvalue weighted by Crippen LogP contribution is -2.35. The summed E-state index contributed by atoms with van der Waals surface area (Å²) in [5.41, 5.74) is 0.815. The van der Waals surface area contributed by atoms with Crippen LogP contribution in [0.3, 0.4) is 0 Å². The van der Waals surface area contributed by atoms with Crippen LogP contribution in [0.5, 0.6) is 11.5 Å². The average Bonchev–Trinajstić information content (AvgIpc) is 2.89. The quantitative estimate of drug-likeness (QED) is 0.646. The van der Waals surface area contributed by atoms with Gasteiger partial charge >= 0.3 is 0 Å². The van der Waals surface area contributed by atoms with Crippen LogP contribution in [-0.4, -0.2) is 36.1 Å². The number of rotatable bonds is 5. The van der Waals surface area contributed by atoms with E-state index >= 15 is 0 Å². The van der Waals surface area contributed by atoms with E-state index in [1.165, 1.54) is 11.9 Å². The van der Waals surface area contributed by atoms with Crippen molar-refractivity contribution in [2.45, 2.75) is 6.54 Å². The van der Waals surface area contributed by atoms with Crippen LogP contribution in [0.15, 0.2) is 48.5 Å². The first-order valence-corrected chi connectivity index (χ1v) is 8.41. The van der Waals surface area contributed by atoms with Gasteiger partial charge in [-0.25, -0.2) is 0 Å². The van der Waals surface area contributed by atoms with Crippen molar-refractivity contribution < 1.29 is 19.1 Å². The number of halogens is 1. The molecular formula is C19H17ClN2O4. The third-order valence-electron chi connectivity index (χ3n) is 4.06. The van der Waals surface area contributed by atoms with Gasteiger partial charge in [0.1, 0.15) is 17.4 Å². The predicted molar refractivity (Wildman–Crippen MR) is 95.9 cm³/mol. The second-order valence-electron chi connectivity index (χ2n) is 6.02. The van der Waals surface area contributed by atoms with E-state index in [2.05, 4.69) is 5.32 Å². The Bertz CT molecular complexity index is 851. The molecule has 1 N–H and O–H groups in total. The maximum atomic E-state index is 12.2. The number of Topliss-reactive ketones (excluding diaryl/α,β-unsaturated/α-hetero) is 1. The number of carbonyl (C=O) groups excluding carboxylic acids is 3. The lowest BCUT2D eigenvalue weighted by atomic mass is 10.1. The van der Waals surface area contributed by atoms with E-state index in [0.717, 1.165) is 5.56 Å². The molecule has 1 aliphatic rings. The fourth-order valence-electron chi connectivity index (χ4n) is 2.65. The number of hydrogen-bond acceptors (Lipinski definition) is 4. The number of likely N-dealkylation sites (N-methyl/N-ethyl adjacent to an activating group) is 1. The number of ketones is 1. The molecule has 1 saturated heterocycles. The van der Waals surface area contributed by atoms with E-state index in [0.29, 0.717) is 16.5 Å². The third kappa shape index (κ3) is 4.03. The van der Waals surface area contributed by atoms with Gasteiger partial charge < -0.3 is 15.0 Å². The van der Waals surface area contributed by atoms with Gasteiger partial charge in [-0.05, 0) is 42.0 Å². The summed E-state index contributed by atoms with van der Waals surface area (Å²) >= 11 is 5.85. The highest BCUT2D eigenvalue weighted by atomic mass is 35.5. The first kappa shape index (κ1) is 17.9. The molecule has 1 fully saturated rings. The summed E-state index contributed by atoms with van der Waals surface area (Å²) in [6, 6.07) is 14.2. The Balaban J connectivity index is 1.60. The Labute approximate surface area is 155 Å². The molecule has 0 aromatic heterocycles. The molecule has 26 heavy (non-hydrogen) atoms. The lowest BCUT2D eigenvalue weighted by Gasteiger charge is -2.11. The van der Waals surface area contributed by atoms with Crippen LogP contribution >= 0.6 is 11.6 Å². The molecule has 2 aromatic rings. The van der Waals surface area contributed by atoms with Gasteiger partial charge in [-0.15, -0.1) is 0 Å². The smallest absolute Gasteiger partial charge is 0.290 e. The third-order valence-corrected chi connectivity index (χ3v) is 4.31.